The molecule has 0 amide bonds. The molecule has 0 spiro atoms. The predicted octanol–water partition coefficient (Wildman–Crippen LogP) is 4.75. The molecule has 3 aromatic rings. The Morgan fingerprint density at radius 3 is 2.69 bits per heavy atom. The first-order valence-corrected chi connectivity index (χ1v) is 9.02. The summed E-state index contributed by atoms with van der Waals surface area (Å²) in [5.74, 6) is 0.725. The van der Waals surface area contributed by atoms with E-state index in [-0.39, 0.29) is 11.5 Å². The van der Waals surface area contributed by atoms with E-state index in [0.29, 0.717) is 18.1 Å². The van der Waals surface area contributed by atoms with Crippen molar-refractivity contribution in [3.63, 3.8) is 0 Å². The number of rotatable bonds is 7. The van der Waals surface area contributed by atoms with Crippen LogP contribution in [0.15, 0.2) is 47.1 Å². The van der Waals surface area contributed by atoms with Crippen molar-refractivity contribution in [2.75, 3.05) is 20.3 Å². The number of methoxy groups -OCH3 is 1. The van der Waals surface area contributed by atoms with Crippen molar-refractivity contribution in [1.29, 1.82) is 0 Å². The summed E-state index contributed by atoms with van der Waals surface area (Å²) in [6, 6.07) is 11.4. The Morgan fingerprint density at radius 2 is 2.00 bits per heavy atom. The van der Waals surface area contributed by atoms with Crippen molar-refractivity contribution in [2.45, 2.75) is 12.8 Å². The van der Waals surface area contributed by atoms with Gasteiger partial charge in [0.15, 0.2) is 11.5 Å². The van der Waals surface area contributed by atoms with Crippen molar-refractivity contribution in [1.82, 2.24) is 4.98 Å². The second kappa shape index (κ2) is 7.78. The van der Waals surface area contributed by atoms with Gasteiger partial charge in [0.05, 0.1) is 19.6 Å². The van der Waals surface area contributed by atoms with Crippen LogP contribution in [0.25, 0.3) is 10.9 Å². The van der Waals surface area contributed by atoms with Crippen molar-refractivity contribution >= 4 is 26.8 Å². The molecular formula is C19H19BrN2O4. The Labute approximate surface area is 159 Å². The van der Waals surface area contributed by atoms with E-state index < -0.39 is 5.92 Å². The Morgan fingerprint density at radius 1 is 1.23 bits per heavy atom. The maximum atomic E-state index is 11.4. The SMILES string of the molecule is CCOc1cc(Br)c([C@@H](C[N+](=O)[O-])c2c[nH]c3ccccc23)cc1OC. The van der Waals surface area contributed by atoms with E-state index in [1.807, 2.05) is 43.5 Å². The summed E-state index contributed by atoms with van der Waals surface area (Å²) in [4.78, 5) is 14.3. The van der Waals surface area contributed by atoms with Gasteiger partial charge in [-0.15, -0.1) is 0 Å². The molecule has 0 saturated heterocycles. The standard InChI is InChI=1S/C19H19BrN2O4/c1-3-26-19-9-16(20)13(8-18(19)25-2)15(11-22(23)24)14-10-21-17-7-5-4-6-12(14)17/h4-10,15,21H,3,11H2,1-2H3/t15-/m1/s1. The molecule has 0 aliphatic rings. The first-order valence-electron chi connectivity index (χ1n) is 8.23. The summed E-state index contributed by atoms with van der Waals surface area (Å²) in [6.07, 6.45) is 1.84. The molecule has 0 unspecified atom stereocenters. The lowest BCUT2D eigenvalue weighted by atomic mass is 9.90. The third kappa shape index (κ3) is 3.53. The van der Waals surface area contributed by atoms with Crippen LogP contribution < -0.4 is 9.47 Å². The number of H-pyrrole nitrogens is 1. The lowest BCUT2D eigenvalue weighted by Crippen LogP contribution is -2.14. The third-order valence-electron chi connectivity index (χ3n) is 4.29. The summed E-state index contributed by atoms with van der Waals surface area (Å²) in [6.45, 7) is 2.17. The van der Waals surface area contributed by atoms with Gasteiger partial charge < -0.3 is 14.5 Å². The van der Waals surface area contributed by atoms with E-state index in [2.05, 4.69) is 20.9 Å². The van der Waals surface area contributed by atoms with Crippen LogP contribution >= 0.6 is 15.9 Å². The second-order valence-electron chi connectivity index (χ2n) is 5.82. The van der Waals surface area contributed by atoms with Crippen molar-refractivity contribution in [3.05, 3.63) is 68.3 Å². The van der Waals surface area contributed by atoms with Gasteiger partial charge in [0.25, 0.3) is 0 Å². The normalized spacial score (nSPS) is 12.1. The Kier molecular flexibility index (Phi) is 5.46. The number of hydrogen-bond acceptors (Lipinski definition) is 4. The Balaban J connectivity index is 2.16. The van der Waals surface area contributed by atoms with E-state index in [1.165, 1.54) is 0 Å². The average Bonchev–Trinajstić information content (AvgIpc) is 3.04. The molecule has 1 N–H and O–H groups in total. The molecule has 136 valence electrons. The Hall–Kier alpha value is -2.54. The topological polar surface area (TPSA) is 77.4 Å². The summed E-state index contributed by atoms with van der Waals surface area (Å²) >= 11 is 3.55. The number of fused-ring (bicyclic) bond motifs is 1. The minimum Gasteiger partial charge on any atom is -0.493 e. The number of aromatic nitrogens is 1. The van der Waals surface area contributed by atoms with Crippen LogP contribution in [-0.4, -0.2) is 30.2 Å². The van der Waals surface area contributed by atoms with Crippen LogP contribution in [0.2, 0.25) is 0 Å². The fourth-order valence-corrected chi connectivity index (χ4v) is 3.74. The summed E-state index contributed by atoms with van der Waals surface area (Å²) in [7, 11) is 1.56. The van der Waals surface area contributed by atoms with Gasteiger partial charge in [-0.05, 0) is 36.2 Å². The molecule has 26 heavy (non-hydrogen) atoms. The fraction of sp³-hybridized carbons (Fsp3) is 0.263. The van der Waals surface area contributed by atoms with E-state index in [4.69, 9.17) is 9.47 Å². The van der Waals surface area contributed by atoms with Crippen LogP contribution in [0.5, 0.6) is 11.5 Å². The van der Waals surface area contributed by atoms with Crippen molar-refractivity contribution < 1.29 is 14.4 Å². The maximum Gasteiger partial charge on any atom is 0.214 e. The molecule has 6 nitrogen and oxygen atoms in total. The van der Waals surface area contributed by atoms with Gasteiger partial charge in [-0.1, -0.05) is 34.1 Å². The molecule has 0 aliphatic carbocycles. The minimum atomic E-state index is -0.430. The molecule has 1 atom stereocenters. The van der Waals surface area contributed by atoms with Gasteiger partial charge in [-0.2, -0.15) is 0 Å². The number of nitrogens with one attached hydrogen (secondary N) is 1. The van der Waals surface area contributed by atoms with Gasteiger partial charge in [-0.25, -0.2) is 0 Å². The number of aromatic amines is 1. The number of nitro groups is 1. The van der Waals surface area contributed by atoms with Gasteiger partial charge in [0, 0.05) is 26.5 Å². The molecule has 1 aromatic heterocycles. The zero-order valence-electron chi connectivity index (χ0n) is 14.5. The van der Waals surface area contributed by atoms with E-state index >= 15 is 0 Å². The monoisotopic (exact) mass is 418 g/mol. The third-order valence-corrected chi connectivity index (χ3v) is 4.97. The van der Waals surface area contributed by atoms with E-state index in [1.54, 1.807) is 13.2 Å². The second-order valence-corrected chi connectivity index (χ2v) is 6.67. The van der Waals surface area contributed by atoms with Gasteiger partial charge in [0.2, 0.25) is 6.54 Å². The summed E-state index contributed by atoms with van der Waals surface area (Å²) < 4.78 is 11.8. The number of ether oxygens (including phenoxy) is 2. The number of hydrogen-bond donors (Lipinski definition) is 1. The number of benzene rings is 2. The number of para-hydroxylation sites is 1. The number of nitrogens with zero attached hydrogens (tertiary/aromatic N) is 1. The maximum absolute atomic E-state index is 11.4. The summed E-state index contributed by atoms with van der Waals surface area (Å²) in [5.41, 5.74) is 2.61. The quantitative estimate of drug-likeness (QED) is 0.443. The first-order chi connectivity index (χ1) is 12.5. The van der Waals surface area contributed by atoms with Crippen LogP contribution in [0.3, 0.4) is 0 Å². The predicted molar refractivity (Wildman–Crippen MR) is 104 cm³/mol. The largest absolute Gasteiger partial charge is 0.493 e. The first kappa shape index (κ1) is 18.3. The lowest BCUT2D eigenvalue weighted by Gasteiger charge is -2.18. The lowest BCUT2D eigenvalue weighted by molar-refractivity contribution is -0.481. The minimum absolute atomic E-state index is 0.225. The summed E-state index contributed by atoms with van der Waals surface area (Å²) in [5, 5.41) is 12.3. The van der Waals surface area contributed by atoms with E-state index in [9.17, 15) is 10.1 Å². The molecule has 0 aliphatic heterocycles. The van der Waals surface area contributed by atoms with Crippen molar-refractivity contribution in [2.24, 2.45) is 0 Å². The molecule has 0 fully saturated rings. The number of halogens is 1. The smallest absolute Gasteiger partial charge is 0.214 e. The molecule has 0 saturated carbocycles. The zero-order valence-corrected chi connectivity index (χ0v) is 16.1. The van der Waals surface area contributed by atoms with Crippen LogP contribution in [0.1, 0.15) is 24.0 Å². The highest BCUT2D eigenvalue weighted by atomic mass is 79.9. The van der Waals surface area contributed by atoms with Gasteiger partial charge >= 0.3 is 0 Å². The van der Waals surface area contributed by atoms with Gasteiger partial charge in [-0.3, -0.25) is 10.1 Å². The molecule has 2 aromatic carbocycles. The van der Waals surface area contributed by atoms with Crippen LogP contribution in [0.4, 0.5) is 0 Å². The molecular weight excluding hydrogens is 400 g/mol. The highest BCUT2D eigenvalue weighted by Gasteiger charge is 2.26. The molecule has 0 bridgehead atoms. The van der Waals surface area contributed by atoms with Crippen molar-refractivity contribution in [3.8, 4) is 11.5 Å². The van der Waals surface area contributed by atoms with E-state index in [0.717, 1.165) is 26.5 Å². The molecule has 7 heteroatoms. The van der Waals surface area contributed by atoms with Crippen LogP contribution in [-0.2, 0) is 0 Å². The highest BCUT2D eigenvalue weighted by molar-refractivity contribution is 9.10. The average molecular weight is 419 g/mol. The molecule has 0 radical (unpaired) electrons. The Bertz CT molecular complexity index is 938. The highest BCUT2D eigenvalue weighted by Crippen LogP contribution is 2.40. The fourth-order valence-electron chi connectivity index (χ4n) is 3.14. The van der Waals surface area contributed by atoms with Crippen LogP contribution in [0, 0.1) is 10.1 Å². The van der Waals surface area contributed by atoms with Gasteiger partial charge in [0.1, 0.15) is 0 Å². The molecule has 1 heterocycles. The molecule has 3 rings (SSSR count). The zero-order chi connectivity index (χ0) is 18.7.